The molecule has 1 aliphatic rings. The van der Waals surface area contributed by atoms with E-state index in [2.05, 4.69) is 5.32 Å². The van der Waals surface area contributed by atoms with Gasteiger partial charge in [0.15, 0.2) is 0 Å². The van der Waals surface area contributed by atoms with Gasteiger partial charge in [-0.1, -0.05) is 24.3 Å². The first-order valence-corrected chi connectivity index (χ1v) is 7.00. The Balaban J connectivity index is 2.48. The second-order valence-electron chi connectivity index (χ2n) is 5.28. The monoisotopic (exact) mass is 305 g/mol. The van der Waals surface area contributed by atoms with E-state index < -0.39 is 29.8 Å². The number of rotatable bonds is 3. The van der Waals surface area contributed by atoms with Crippen molar-refractivity contribution in [3.63, 3.8) is 0 Å². The second kappa shape index (κ2) is 6.60. The van der Waals surface area contributed by atoms with Gasteiger partial charge in [0.2, 0.25) is 5.91 Å². The van der Waals surface area contributed by atoms with Crippen LogP contribution in [-0.4, -0.2) is 32.1 Å². The first-order chi connectivity index (χ1) is 10.5. The summed E-state index contributed by atoms with van der Waals surface area (Å²) in [5.41, 5.74) is 1.71. The van der Waals surface area contributed by atoms with Crippen LogP contribution in [0.25, 0.3) is 0 Å². The highest BCUT2D eigenvalue weighted by Gasteiger charge is 2.47. The Kier molecular flexibility index (Phi) is 4.80. The number of esters is 2. The molecule has 0 spiro atoms. The average molecular weight is 305 g/mol. The van der Waals surface area contributed by atoms with Crippen molar-refractivity contribution in [1.82, 2.24) is 5.32 Å². The van der Waals surface area contributed by atoms with Crippen molar-refractivity contribution in [2.45, 2.75) is 19.4 Å². The van der Waals surface area contributed by atoms with E-state index in [1.54, 1.807) is 0 Å². The lowest BCUT2D eigenvalue weighted by atomic mass is 9.76. The molecule has 1 aliphatic heterocycles. The Morgan fingerprint density at radius 3 is 2.36 bits per heavy atom. The molecule has 1 aromatic carbocycles. The van der Waals surface area contributed by atoms with Gasteiger partial charge in [0.25, 0.3) is 0 Å². The van der Waals surface area contributed by atoms with Crippen LogP contribution in [-0.2, 0) is 23.9 Å². The van der Waals surface area contributed by atoms with E-state index in [1.165, 1.54) is 14.2 Å². The molecule has 1 unspecified atom stereocenters. The van der Waals surface area contributed by atoms with E-state index in [-0.39, 0.29) is 12.3 Å². The van der Waals surface area contributed by atoms with E-state index in [1.807, 2.05) is 31.2 Å². The highest BCUT2D eigenvalue weighted by Crippen LogP contribution is 2.36. The molecule has 6 heteroatoms. The first kappa shape index (κ1) is 16.0. The van der Waals surface area contributed by atoms with Gasteiger partial charge in [0.1, 0.15) is 0 Å². The zero-order valence-electron chi connectivity index (χ0n) is 12.8. The number of ether oxygens (including phenoxy) is 2. The molecule has 118 valence electrons. The molecule has 22 heavy (non-hydrogen) atoms. The predicted octanol–water partition coefficient (Wildman–Crippen LogP) is 1.13. The Hall–Kier alpha value is -2.37. The Labute approximate surface area is 128 Å². The summed E-state index contributed by atoms with van der Waals surface area (Å²) in [5.74, 6) is -3.07. The maximum absolute atomic E-state index is 12.2. The summed E-state index contributed by atoms with van der Waals surface area (Å²) in [6, 6.07) is 6.80. The van der Waals surface area contributed by atoms with Gasteiger partial charge in [-0.05, 0) is 18.1 Å². The number of carbonyl (C=O) groups excluding carboxylic acids is 3. The van der Waals surface area contributed by atoms with Crippen molar-refractivity contribution in [3.8, 4) is 0 Å². The molecule has 0 aliphatic carbocycles. The summed E-state index contributed by atoms with van der Waals surface area (Å²) in [7, 11) is 2.51. The lowest BCUT2D eigenvalue weighted by Crippen LogP contribution is -2.50. The number of methoxy groups -OCH3 is 2. The first-order valence-electron chi connectivity index (χ1n) is 7.00. The van der Waals surface area contributed by atoms with Crippen LogP contribution in [0.15, 0.2) is 24.3 Å². The highest BCUT2D eigenvalue weighted by atomic mass is 16.5. The topological polar surface area (TPSA) is 81.7 Å². The molecule has 1 N–H and O–H groups in total. The lowest BCUT2D eigenvalue weighted by Gasteiger charge is -2.36. The molecule has 6 nitrogen and oxygen atoms in total. The van der Waals surface area contributed by atoms with Crippen molar-refractivity contribution < 1.29 is 23.9 Å². The fraction of sp³-hybridized carbons (Fsp3) is 0.438. The van der Waals surface area contributed by atoms with E-state index in [4.69, 9.17) is 9.47 Å². The SMILES string of the molecule is COC(=O)[C@H]1CC(=O)NC(c2ccccc2C)[C@@H]1C(=O)OC. The van der Waals surface area contributed by atoms with Gasteiger partial charge >= 0.3 is 11.9 Å². The van der Waals surface area contributed by atoms with Crippen molar-refractivity contribution >= 4 is 17.8 Å². The molecule has 0 saturated carbocycles. The highest BCUT2D eigenvalue weighted by molar-refractivity contribution is 5.90. The van der Waals surface area contributed by atoms with Crippen LogP contribution >= 0.6 is 0 Å². The van der Waals surface area contributed by atoms with Gasteiger partial charge in [0.05, 0.1) is 32.1 Å². The molecule has 1 heterocycles. The van der Waals surface area contributed by atoms with Crippen LogP contribution in [0.2, 0.25) is 0 Å². The fourth-order valence-electron chi connectivity index (χ4n) is 2.91. The number of nitrogens with one attached hydrogen (secondary N) is 1. The largest absolute Gasteiger partial charge is 0.469 e. The molecule has 0 radical (unpaired) electrons. The predicted molar refractivity (Wildman–Crippen MR) is 77.7 cm³/mol. The maximum atomic E-state index is 12.2. The quantitative estimate of drug-likeness (QED) is 0.847. The van der Waals surface area contributed by atoms with Crippen LogP contribution in [0, 0.1) is 18.8 Å². The second-order valence-corrected chi connectivity index (χ2v) is 5.28. The van der Waals surface area contributed by atoms with Gasteiger partial charge in [-0.25, -0.2) is 0 Å². The summed E-state index contributed by atoms with van der Waals surface area (Å²) < 4.78 is 9.59. The van der Waals surface area contributed by atoms with E-state index in [0.717, 1.165) is 11.1 Å². The standard InChI is InChI=1S/C16H19NO5/c1-9-6-4-5-7-10(9)14-13(16(20)22-3)11(15(19)21-2)8-12(18)17-14/h4-7,11,13-14H,8H2,1-3H3,(H,17,18)/t11-,13+,14?/m0/s1. The Morgan fingerprint density at radius 2 is 1.77 bits per heavy atom. The third-order valence-electron chi connectivity index (χ3n) is 4.02. The molecule has 1 fully saturated rings. The normalized spacial score (nSPS) is 24.3. The third-order valence-corrected chi connectivity index (χ3v) is 4.02. The van der Waals surface area contributed by atoms with Crippen molar-refractivity contribution in [3.05, 3.63) is 35.4 Å². The van der Waals surface area contributed by atoms with Gasteiger partial charge < -0.3 is 14.8 Å². The van der Waals surface area contributed by atoms with Gasteiger partial charge in [0, 0.05) is 6.42 Å². The fourth-order valence-corrected chi connectivity index (χ4v) is 2.91. The smallest absolute Gasteiger partial charge is 0.312 e. The summed E-state index contributed by atoms with van der Waals surface area (Å²) in [6.45, 7) is 1.89. The van der Waals surface area contributed by atoms with Gasteiger partial charge in [-0.2, -0.15) is 0 Å². The molecule has 0 aromatic heterocycles. The number of aryl methyl sites for hydroxylation is 1. The van der Waals surface area contributed by atoms with Crippen molar-refractivity contribution in [2.24, 2.45) is 11.8 Å². The molecule has 1 amide bonds. The molecule has 2 rings (SSSR count). The summed E-state index contributed by atoms with van der Waals surface area (Å²) in [4.78, 5) is 36.2. The Bertz CT molecular complexity index is 598. The minimum absolute atomic E-state index is 0.0885. The zero-order chi connectivity index (χ0) is 16.3. The van der Waals surface area contributed by atoms with E-state index in [9.17, 15) is 14.4 Å². The minimum atomic E-state index is -0.851. The minimum Gasteiger partial charge on any atom is -0.469 e. The molecule has 1 saturated heterocycles. The number of hydrogen-bond donors (Lipinski definition) is 1. The number of hydrogen-bond acceptors (Lipinski definition) is 5. The zero-order valence-corrected chi connectivity index (χ0v) is 12.8. The van der Waals surface area contributed by atoms with Crippen LogP contribution in [0.3, 0.4) is 0 Å². The van der Waals surface area contributed by atoms with Crippen molar-refractivity contribution in [1.29, 1.82) is 0 Å². The molecule has 0 bridgehead atoms. The average Bonchev–Trinajstić information content (AvgIpc) is 2.53. The molecular weight excluding hydrogens is 286 g/mol. The molecule has 1 aromatic rings. The van der Waals surface area contributed by atoms with Crippen LogP contribution in [0.4, 0.5) is 0 Å². The van der Waals surface area contributed by atoms with Gasteiger partial charge in [-0.15, -0.1) is 0 Å². The summed E-state index contributed by atoms with van der Waals surface area (Å²) in [6.07, 6.45) is -0.0885. The number of piperidine rings is 1. The summed E-state index contributed by atoms with van der Waals surface area (Å²) in [5, 5.41) is 2.80. The number of benzene rings is 1. The number of amides is 1. The molecular formula is C16H19NO5. The van der Waals surface area contributed by atoms with Crippen LogP contribution in [0.5, 0.6) is 0 Å². The number of carbonyl (C=O) groups is 3. The maximum Gasteiger partial charge on any atom is 0.312 e. The third kappa shape index (κ3) is 2.95. The van der Waals surface area contributed by atoms with Crippen LogP contribution in [0.1, 0.15) is 23.6 Å². The van der Waals surface area contributed by atoms with Crippen LogP contribution < -0.4 is 5.32 Å². The summed E-state index contributed by atoms with van der Waals surface area (Å²) >= 11 is 0. The van der Waals surface area contributed by atoms with Crippen molar-refractivity contribution in [2.75, 3.05) is 14.2 Å². The van der Waals surface area contributed by atoms with E-state index >= 15 is 0 Å². The van der Waals surface area contributed by atoms with Gasteiger partial charge in [-0.3, -0.25) is 14.4 Å². The van der Waals surface area contributed by atoms with E-state index in [0.29, 0.717) is 0 Å². The Morgan fingerprint density at radius 1 is 1.14 bits per heavy atom. The molecule has 3 atom stereocenters. The lowest BCUT2D eigenvalue weighted by molar-refractivity contribution is -0.163.